The third-order valence-electron chi connectivity index (χ3n) is 2.03. The van der Waals surface area contributed by atoms with E-state index in [1.807, 2.05) is 13.8 Å². The van der Waals surface area contributed by atoms with Crippen LogP contribution in [0.25, 0.3) is 0 Å². The Morgan fingerprint density at radius 1 is 1.62 bits per heavy atom. The van der Waals surface area contributed by atoms with Gasteiger partial charge in [-0.05, 0) is 30.4 Å². The minimum absolute atomic E-state index is 0.0128. The zero-order valence-electron chi connectivity index (χ0n) is 8.52. The van der Waals surface area contributed by atoms with E-state index in [2.05, 4.69) is 6.58 Å². The standard InChI is InChI=1S/C9H13FO.C2H6/c1-7-8(5-6-11)3-2-4-9(7)10;1-2/h5,9,11H,1-4,6H2;1-2H3/b8-5-;. The highest BCUT2D eigenvalue weighted by Crippen LogP contribution is 2.29. The van der Waals surface area contributed by atoms with Crippen LogP contribution in [0.5, 0.6) is 0 Å². The van der Waals surface area contributed by atoms with Gasteiger partial charge in [0.2, 0.25) is 0 Å². The maximum Gasteiger partial charge on any atom is 0.125 e. The molecular weight excluding hydrogens is 167 g/mol. The van der Waals surface area contributed by atoms with Crippen LogP contribution in [0, 0.1) is 0 Å². The monoisotopic (exact) mass is 186 g/mol. The van der Waals surface area contributed by atoms with Crippen LogP contribution in [0.3, 0.4) is 0 Å². The fourth-order valence-corrected chi connectivity index (χ4v) is 1.35. The number of aliphatic hydroxyl groups excluding tert-OH is 1. The third-order valence-corrected chi connectivity index (χ3v) is 2.03. The second-order valence-corrected chi connectivity index (χ2v) is 2.80. The molecule has 13 heavy (non-hydrogen) atoms. The topological polar surface area (TPSA) is 20.2 Å². The Kier molecular flexibility index (Phi) is 6.51. The summed E-state index contributed by atoms with van der Waals surface area (Å²) < 4.78 is 12.9. The first-order chi connectivity index (χ1) is 6.25. The van der Waals surface area contributed by atoms with Gasteiger partial charge in [-0.25, -0.2) is 4.39 Å². The second-order valence-electron chi connectivity index (χ2n) is 2.80. The van der Waals surface area contributed by atoms with E-state index in [4.69, 9.17) is 5.11 Å². The maximum absolute atomic E-state index is 12.9. The fraction of sp³-hybridized carbons (Fsp3) is 0.636. The summed E-state index contributed by atoms with van der Waals surface area (Å²) >= 11 is 0. The Hall–Kier alpha value is -0.630. The molecule has 0 bridgehead atoms. The van der Waals surface area contributed by atoms with Crippen molar-refractivity contribution in [3.63, 3.8) is 0 Å². The summed E-state index contributed by atoms with van der Waals surface area (Å²) in [5, 5.41) is 8.58. The van der Waals surface area contributed by atoms with Crippen LogP contribution in [-0.4, -0.2) is 17.9 Å². The highest BCUT2D eigenvalue weighted by atomic mass is 19.1. The van der Waals surface area contributed by atoms with E-state index in [0.717, 1.165) is 18.4 Å². The van der Waals surface area contributed by atoms with Crippen LogP contribution in [0.4, 0.5) is 4.39 Å². The van der Waals surface area contributed by atoms with Gasteiger partial charge in [0.1, 0.15) is 6.17 Å². The smallest absolute Gasteiger partial charge is 0.125 e. The Morgan fingerprint density at radius 3 is 2.77 bits per heavy atom. The van der Waals surface area contributed by atoms with Gasteiger partial charge >= 0.3 is 0 Å². The van der Waals surface area contributed by atoms with Gasteiger partial charge in [-0.3, -0.25) is 0 Å². The summed E-state index contributed by atoms with van der Waals surface area (Å²) in [6.45, 7) is 7.63. The van der Waals surface area contributed by atoms with Crippen molar-refractivity contribution in [2.45, 2.75) is 39.3 Å². The van der Waals surface area contributed by atoms with E-state index < -0.39 is 6.17 Å². The SMILES string of the molecule is C=C1/C(=C\CO)CCCC1F.CC. The van der Waals surface area contributed by atoms with Crippen molar-refractivity contribution in [2.75, 3.05) is 6.61 Å². The van der Waals surface area contributed by atoms with E-state index in [-0.39, 0.29) is 6.61 Å². The summed E-state index contributed by atoms with van der Waals surface area (Å²) in [5.74, 6) is 0. The molecule has 0 amide bonds. The Bertz CT molecular complexity index is 185. The van der Waals surface area contributed by atoms with Gasteiger partial charge < -0.3 is 5.11 Å². The van der Waals surface area contributed by atoms with Crippen LogP contribution in [0.15, 0.2) is 23.8 Å². The Labute approximate surface area is 80.0 Å². The highest BCUT2D eigenvalue weighted by molar-refractivity contribution is 5.33. The van der Waals surface area contributed by atoms with Gasteiger partial charge in [0.25, 0.3) is 0 Å². The van der Waals surface area contributed by atoms with Crippen molar-refractivity contribution in [3.05, 3.63) is 23.8 Å². The predicted octanol–water partition coefficient (Wildman–Crippen LogP) is 3.01. The lowest BCUT2D eigenvalue weighted by molar-refractivity contribution is 0.329. The lowest BCUT2D eigenvalue weighted by Gasteiger charge is -2.20. The summed E-state index contributed by atoms with van der Waals surface area (Å²) in [6.07, 6.45) is 3.07. The molecule has 1 aliphatic carbocycles. The maximum atomic E-state index is 12.9. The molecule has 1 aliphatic rings. The molecule has 0 aromatic heterocycles. The van der Waals surface area contributed by atoms with Gasteiger partial charge in [0.15, 0.2) is 0 Å². The van der Waals surface area contributed by atoms with Crippen molar-refractivity contribution < 1.29 is 9.50 Å². The minimum atomic E-state index is -0.887. The molecule has 0 saturated heterocycles. The molecule has 0 heterocycles. The van der Waals surface area contributed by atoms with Crippen molar-refractivity contribution in [2.24, 2.45) is 0 Å². The number of hydrogen-bond donors (Lipinski definition) is 1. The van der Waals surface area contributed by atoms with Crippen LogP contribution in [0.2, 0.25) is 0 Å². The molecule has 1 saturated carbocycles. The van der Waals surface area contributed by atoms with E-state index in [9.17, 15) is 4.39 Å². The number of rotatable bonds is 1. The summed E-state index contributed by atoms with van der Waals surface area (Å²) in [5.41, 5.74) is 1.46. The molecule has 76 valence electrons. The van der Waals surface area contributed by atoms with Crippen LogP contribution in [-0.2, 0) is 0 Å². The quantitative estimate of drug-likeness (QED) is 0.667. The van der Waals surface area contributed by atoms with E-state index in [1.165, 1.54) is 0 Å². The van der Waals surface area contributed by atoms with Gasteiger partial charge in [0.05, 0.1) is 6.61 Å². The van der Waals surface area contributed by atoms with Crippen LogP contribution >= 0.6 is 0 Å². The number of allylic oxidation sites excluding steroid dienone is 2. The third kappa shape index (κ3) is 3.73. The molecule has 1 rings (SSSR count). The molecule has 0 aliphatic heterocycles. The number of alkyl halides is 1. The summed E-state index contributed by atoms with van der Waals surface area (Å²) in [6, 6.07) is 0. The van der Waals surface area contributed by atoms with Crippen molar-refractivity contribution in [1.82, 2.24) is 0 Å². The summed E-state index contributed by atoms with van der Waals surface area (Å²) in [7, 11) is 0. The van der Waals surface area contributed by atoms with Crippen molar-refractivity contribution >= 4 is 0 Å². The normalized spacial score (nSPS) is 25.4. The highest BCUT2D eigenvalue weighted by Gasteiger charge is 2.19. The number of hydrogen-bond acceptors (Lipinski definition) is 1. The van der Waals surface area contributed by atoms with Crippen LogP contribution in [0.1, 0.15) is 33.1 Å². The van der Waals surface area contributed by atoms with E-state index >= 15 is 0 Å². The average molecular weight is 186 g/mol. The molecule has 1 fully saturated rings. The molecular formula is C11H19FO. The Morgan fingerprint density at radius 2 is 2.23 bits per heavy atom. The zero-order chi connectivity index (χ0) is 10.3. The first kappa shape index (κ1) is 12.4. The number of aliphatic hydroxyl groups is 1. The lowest BCUT2D eigenvalue weighted by atomic mass is 9.89. The van der Waals surface area contributed by atoms with Crippen molar-refractivity contribution in [3.8, 4) is 0 Å². The Balaban J connectivity index is 0.000000671. The summed E-state index contributed by atoms with van der Waals surface area (Å²) in [4.78, 5) is 0. The van der Waals surface area contributed by atoms with Gasteiger partial charge in [-0.2, -0.15) is 0 Å². The van der Waals surface area contributed by atoms with Gasteiger partial charge in [-0.15, -0.1) is 0 Å². The number of halogens is 1. The van der Waals surface area contributed by atoms with Gasteiger partial charge in [-0.1, -0.05) is 26.5 Å². The van der Waals surface area contributed by atoms with Gasteiger partial charge in [0, 0.05) is 0 Å². The average Bonchev–Trinajstić information content (AvgIpc) is 2.17. The molecule has 2 heteroatoms. The molecule has 0 radical (unpaired) electrons. The zero-order valence-corrected chi connectivity index (χ0v) is 8.52. The largest absolute Gasteiger partial charge is 0.392 e. The first-order valence-electron chi connectivity index (χ1n) is 4.89. The van der Waals surface area contributed by atoms with E-state index in [0.29, 0.717) is 12.0 Å². The minimum Gasteiger partial charge on any atom is -0.392 e. The molecule has 1 N–H and O–H groups in total. The van der Waals surface area contributed by atoms with Crippen LogP contribution < -0.4 is 0 Å². The van der Waals surface area contributed by atoms with Crippen molar-refractivity contribution in [1.29, 1.82) is 0 Å². The molecule has 1 atom stereocenters. The first-order valence-corrected chi connectivity index (χ1v) is 4.89. The molecule has 0 aromatic rings. The molecule has 0 aromatic carbocycles. The second kappa shape index (κ2) is 6.84. The molecule has 1 unspecified atom stereocenters. The fourth-order valence-electron chi connectivity index (χ4n) is 1.35. The molecule has 0 spiro atoms. The predicted molar refractivity (Wildman–Crippen MR) is 54.4 cm³/mol. The van der Waals surface area contributed by atoms with E-state index in [1.54, 1.807) is 6.08 Å². The lowest BCUT2D eigenvalue weighted by Crippen LogP contribution is -2.12. The molecule has 1 nitrogen and oxygen atoms in total.